The molecule has 0 radical (unpaired) electrons. The molecule has 0 bridgehead atoms. The Morgan fingerprint density at radius 3 is 2.55 bits per heavy atom. The lowest BCUT2D eigenvalue weighted by Gasteiger charge is -2.10. The lowest BCUT2D eigenvalue weighted by atomic mass is 10.3. The zero-order valence-corrected chi connectivity index (χ0v) is 11.6. The topological polar surface area (TPSA) is 44.5 Å². The van der Waals surface area contributed by atoms with Crippen molar-refractivity contribution in [2.24, 2.45) is 0 Å². The zero-order chi connectivity index (χ0) is 14.4. The first-order valence-electron chi connectivity index (χ1n) is 6.22. The van der Waals surface area contributed by atoms with Gasteiger partial charge < -0.3 is 15.2 Å². The van der Waals surface area contributed by atoms with E-state index in [2.05, 4.69) is 0 Å². The van der Waals surface area contributed by atoms with Crippen molar-refractivity contribution >= 4 is 17.3 Å². The molecular weight excluding hydrogens is 281 g/mol. The predicted octanol–water partition coefficient (Wildman–Crippen LogP) is 3.91. The van der Waals surface area contributed by atoms with Crippen LogP contribution >= 0.6 is 11.6 Å². The van der Waals surface area contributed by atoms with Crippen molar-refractivity contribution in [3.8, 4) is 11.5 Å². The summed E-state index contributed by atoms with van der Waals surface area (Å²) in [6.07, 6.45) is 0.611. The zero-order valence-electron chi connectivity index (χ0n) is 10.8. The second-order valence-corrected chi connectivity index (χ2v) is 4.58. The number of benzene rings is 2. The van der Waals surface area contributed by atoms with Crippen LogP contribution in [-0.4, -0.2) is 13.2 Å². The first kappa shape index (κ1) is 14.5. The fraction of sp³-hybridized carbons (Fsp3) is 0.200. The molecule has 0 spiro atoms. The Labute approximate surface area is 122 Å². The third kappa shape index (κ3) is 4.03. The lowest BCUT2D eigenvalue weighted by Crippen LogP contribution is -2.06. The van der Waals surface area contributed by atoms with Gasteiger partial charge in [0.15, 0.2) is 11.6 Å². The van der Waals surface area contributed by atoms with Gasteiger partial charge >= 0.3 is 0 Å². The lowest BCUT2D eigenvalue weighted by molar-refractivity contribution is 0.241. The molecule has 0 aliphatic rings. The second-order valence-electron chi connectivity index (χ2n) is 4.17. The number of hydrogen-bond acceptors (Lipinski definition) is 3. The summed E-state index contributed by atoms with van der Waals surface area (Å²) in [7, 11) is 0. The van der Waals surface area contributed by atoms with Crippen LogP contribution in [0, 0.1) is 5.82 Å². The Balaban J connectivity index is 1.74. The van der Waals surface area contributed by atoms with E-state index in [9.17, 15) is 4.39 Å². The molecule has 2 aromatic carbocycles. The van der Waals surface area contributed by atoms with E-state index < -0.39 is 5.82 Å². The van der Waals surface area contributed by atoms with Crippen molar-refractivity contribution in [3.63, 3.8) is 0 Å². The molecule has 0 saturated heterocycles. The summed E-state index contributed by atoms with van der Waals surface area (Å²) in [5.41, 5.74) is 6.29. The minimum atomic E-state index is -0.464. The third-order valence-electron chi connectivity index (χ3n) is 2.58. The van der Waals surface area contributed by atoms with Gasteiger partial charge in [-0.3, -0.25) is 0 Å². The maximum atomic E-state index is 13.4. The van der Waals surface area contributed by atoms with Crippen LogP contribution in [0.1, 0.15) is 6.42 Å². The van der Waals surface area contributed by atoms with E-state index in [1.165, 1.54) is 12.1 Å². The highest BCUT2D eigenvalue weighted by Crippen LogP contribution is 2.27. The minimum Gasteiger partial charge on any atom is -0.493 e. The van der Waals surface area contributed by atoms with E-state index in [1.807, 2.05) is 12.1 Å². The van der Waals surface area contributed by atoms with Gasteiger partial charge in [0.1, 0.15) is 5.75 Å². The molecule has 0 aromatic heterocycles. The van der Waals surface area contributed by atoms with Crippen molar-refractivity contribution < 1.29 is 13.9 Å². The molecule has 3 nitrogen and oxygen atoms in total. The van der Waals surface area contributed by atoms with E-state index in [-0.39, 0.29) is 10.8 Å². The summed E-state index contributed by atoms with van der Waals surface area (Å²) in [5.74, 6) is 0.321. The standard InChI is InChI=1S/C15H15ClFNO2/c16-13-6-2-7-14(17)15(13)20-9-3-8-19-12-5-1-4-11(18)10-12/h1-2,4-7,10H,3,8-9,18H2. The molecule has 0 unspecified atom stereocenters. The van der Waals surface area contributed by atoms with Crippen LogP contribution < -0.4 is 15.2 Å². The second kappa shape index (κ2) is 7.01. The van der Waals surface area contributed by atoms with E-state index in [4.69, 9.17) is 26.8 Å². The number of halogens is 2. The van der Waals surface area contributed by atoms with Crippen molar-refractivity contribution in [2.75, 3.05) is 18.9 Å². The van der Waals surface area contributed by atoms with Crippen molar-refractivity contribution in [2.45, 2.75) is 6.42 Å². The van der Waals surface area contributed by atoms with Gasteiger partial charge in [-0.15, -0.1) is 0 Å². The predicted molar refractivity (Wildman–Crippen MR) is 77.9 cm³/mol. The summed E-state index contributed by atoms with van der Waals surface area (Å²) in [4.78, 5) is 0. The van der Waals surface area contributed by atoms with Crippen LogP contribution in [0.15, 0.2) is 42.5 Å². The molecule has 0 fully saturated rings. The quantitative estimate of drug-likeness (QED) is 0.649. The molecule has 2 rings (SSSR count). The average Bonchev–Trinajstić information content (AvgIpc) is 2.41. The Kier molecular flexibility index (Phi) is 5.07. The molecule has 0 aliphatic carbocycles. The van der Waals surface area contributed by atoms with Gasteiger partial charge in [-0.25, -0.2) is 4.39 Å². The Morgan fingerprint density at radius 1 is 1.05 bits per heavy atom. The monoisotopic (exact) mass is 295 g/mol. The van der Waals surface area contributed by atoms with E-state index >= 15 is 0 Å². The van der Waals surface area contributed by atoms with Crippen LogP contribution in [-0.2, 0) is 0 Å². The summed E-state index contributed by atoms with van der Waals surface area (Å²) >= 11 is 5.85. The molecule has 2 N–H and O–H groups in total. The van der Waals surface area contributed by atoms with Gasteiger partial charge in [0.2, 0.25) is 0 Å². The minimum absolute atomic E-state index is 0.0816. The van der Waals surface area contributed by atoms with Gasteiger partial charge in [-0.2, -0.15) is 0 Å². The maximum absolute atomic E-state index is 13.4. The maximum Gasteiger partial charge on any atom is 0.173 e. The summed E-state index contributed by atoms with van der Waals surface area (Å²) in [6, 6.07) is 11.6. The van der Waals surface area contributed by atoms with Crippen LogP contribution in [0.4, 0.5) is 10.1 Å². The fourth-order valence-electron chi connectivity index (χ4n) is 1.65. The molecule has 0 atom stereocenters. The highest BCUT2D eigenvalue weighted by Gasteiger charge is 2.07. The van der Waals surface area contributed by atoms with Gasteiger partial charge in [0, 0.05) is 18.2 Å². The summed E-state index contributed by atoms with van der Waals surface area (Å²) in [6.45, 7) is 0.776. The Morgan fingerprint density at radius 2 is 1.80 bits per heavy atom. The first-order valence-corrected chi connectivity index (χ1v) is 6.60. The Bertz CT molecular complexity index is 557. The van der Waals surface area contributed by atoms with E-state index in [1.54, 1.807) is 18.2 Å². The molecule has 0 heterocycles. The van der Waals surface area contributed by atoms with Gasteiger partial charge in [0.05, 0.1) is 18.2 Å². The normalized spacial score (nSPS) is 10.3. The van der Waals surface area contributed by atoms with E-state index in [0.717, 1.165) is 0 Å². The largest absolute Gasteiger partial charge is 0.493 e. The Hall–Kier alpha value is -1.94. The number of ether oxygens (including phenoxy) is 2. The number of hydrogen-bond donors (Lipinski definition) is 1. The molecule has 5 heteroatoms. The summed E-state index contributed by atoms with van der Waals surface area (Å²) in [5, 5.41) is 0.266. The molecular formula is C15H15ClFNO2. The number of para-hydroxylation sites is 1. The van der Waals surface area contributed by atoms with Gasteiger partial charge in [0.25, 0.3) is 0 Å². The van der Waals surface area contributed by atoms with Crippen LogP contribution in [0.3, 0.4) is 0 Å². The SMILES string of the molecule is Nc1cccc(OCCCOc2c(F)cccc2Cl)c1. The molecule has 0 aliphatic heterocycles. The highest BCUT2D eigenvalue weighted by atomic mass is 35.5. The van der Waals surface area contributed by atoms with Gasteiger partial charge in [-0.05, 0) is 24.3 Å². The number of nitrogen functional groups attached to an aromatic ring is 1. The summed E-state index contributed by atoms with van der Waals surface area (Å²) < 4.78 is 24.2. The van der Waals surface area contributed by atoms with Crippen molar-refractivity contribution in [3.05, 3.63) is 53.3 Å². The average molecular weight is 296 g/mol. The molecule has 0 saturated carbocycles. The van der Waals surface area contributed by atoms with Crippen molar-refractivity contribution in [1.29, 1.82) is 0 Å². The van der Waals surface area contributed by atoms with Crippen LogP contribution in [0.5, 0.6) is 11.5 Å². The van der Waals surface area contributed by atoms with E-state index in [0.29, 0.717) is 31.1 Å². The number of anilines is 1. The third-order valence-corrected chi connectivity index (χ3v) is 2.88. The fourth-order valence-corrected chi connectivity index (χ4v) is 1.87. The number of rotatable bonds is 6. The first-order chi connectivity index (χ1) is 9.66. The van der Waals surface area contributed by atoms with Crippen LogP contribution in [0.25, 0.3) is 0 Å². The molecule has 20 heavy (non-hydrogen) atoms. The molecule has 0 amide bonds. The van der Waals surface area contributed by atoms with Crippen LogP contribution in [0.2, 0.25) is 5.02 Å². The highest BCUT2D eigenvalue weighted by molar-refractivity contribution is 6.32. The number of nitrogens with two attached hydrogens (primary N) is 1. The van der Waals surface area contributed by atoms with Crippen molar-refractivity contribution in [1.82, 2.24) is 0 Å². The smallest absolute Gasteiger partial charge is 0.173 e. The molecule has 106 valence electrons. The molecule has 2 aromatic rings. The van der Waals surface area contributed by atoms with Gasteiger partial charge in [-0.1, -0.05) is 23.7 Å².